The van der Waals surface area contributed by atoms with E-state index < -0.39 is 5.82 Å². The molecule has 0 radical (unpaired) electrons. The third-order valence-corrected chi connectivity index (χ3v) is 5.46. The van der Waals surface area contributed by atoms with Gasteiger partial charge in [0, 0.05) is 34.5 Å². The van der Waals surface area contributed by atoms with Crippen LogP contribution in [0, 0.1) is 16.3 Å². The van der Waals surface area contributed by atoms with E-state index in [1.807, 2.05) is 31.2 Å². The summed E-state index contributed by atoms with van der Waals surface area (Å²) in [6, 6.07) is 14.2. The predicted molar refractivity (Wildman–Crippen MR) is 128 cm³/mol. The van der Waals surface area contributed by atoms with Crippen LogP contribution < -0.4 is 20.9 Å². The van der Waals surface area contributed by atoms with Gasteiger partial charge in [-0.1, -0.05) is 18.7 Å². The molecule has 0 spiro atoms. The summed E-state index contributed by atoms with van der Waals surface area (Å²) in [6.07, 6.45) is 0. The smallest absolute Gasteiger partial charge is 0.252 e. The van der Waals surface area contributed by atoms with Crippen molar-refractivity contribution in [2.24, 2.45) is 7.05 Å². The standard InChI is InChI=1S/C23H23FIN3O2/c1-14-11-21(29)28(3)23(27-20-10-7-17(25)12-19(20)24)22(14)15(2)26-13-16-5-8-18(30-4)9-6-16/h5-12,26-27H,2,13H2,1,3-4H3. The molecule has 0 unspecified atom stereocenters. The normalized spacial score (nSPS) is 10.6. The second-order valence-electron chi connectivity index (χ2n) is 6.88. The number of nitrogens with one attached hydrogen (secondary N) is 2. The molecule has 7 heteroatoms. The highest BCUT2D eigenvalue weighted by atomic mass is 127. The maximum atomic E-state index is 14.4. The first-order valence-corrected chi connectivity index (χ1v) is 10.4. The first-order valence-electron chi connectivity index (χ1n) is 9.29. The molecular formula is C23H23FIN3O2. The number of benzene rings is 2. The molecule has 1 aromatic heterocycles. The number of hydrogen-bond acceptors (Lipinski definition) is 4. The van der Waals surface area contributed by atoms with Gasteiger partial charge in [-0.05, 0) is 71.0 Å². The Bertz CT molecular complexity index is 1140. The van der Waals surface area contributed by atoms with Gasteiger partial charge in [0.15, 0.2) is 0 Å². The van der Waals surface area contributed by atoms with Crippen molar-refractivity contribution in [3.05, 3.63) is 91.5 Å². The number of methoxy groups -OCH3 is 1. The van der Waals surface area contributed by atoms with Crippen molar-refractivity contribution < 1.29 is 9.13 Å². The zero-order valence-corrected chi connectivity index (χ0v) is 19.2. The number of aromatic nitrogens is 1. The Kier molecular flexibility index (Phi) is 6.81. The summed E-state index contributed by atoms with van der Waals surface area (Å²) < 4.78 is 21.9. The molecule has 0 atom stereocenters. The third kappa shape index (κ3) is 4.84. The molecule has 0 aliphatic heterocycles. The highest BCUT2D eigenvalue weighted by Gasteiger charge is 2.16. The van der Waals surface area contributed by atoms with Crippen LogP contribution in [0.5, 0.6) is 5.75 Å². The monoisotopic (exact) mass is 519 g/mol. The molecule has 0 aliphatic carbocycles. The van der Waals surface area contributed by atoms with E-state index in [4.69, 9.17) is 4.74 Å². The molecule has 0 aliphatic rings. The van der Waals surface area contributed by atoms with Crippen molar-refractivity contribution in [1.82, 2.24) is 9.88 Å². The minimum absolute atomic E-state index is 0.187. The molecule has 3 aromatic rings. The number of hydrogen-bond donors (Lipinski definition) is 2. The molecule has 5 nitrogen and oxygen atoms in total. The van der Waals surface area contributed by atoms with Gasteiger partial charge >= 0.3 is 0 Å². The number of nitrogens with zero attached hydrogens (tertiary/aromatic N) is 1. The van der Waals surface area contributed by atoms with E-state index in [-0.39, 0.29) is 5.56 Å². The lowest BCUT2D eigenvalue weighted by molar-refractivity contribution is 0.414. The van der Waals surface area contributed by atoms with E-state index in [1.165, 1.54) is 10.6 Å². The minimum atomic E-state index is -0.390. The Labute approximate surface area is 188 Å². The highest BCUT2D eigenvalue weighted by molar-refractivity contribution is 14.1. The van der Waals surface area contributed by atoms with Crippen LogP contribution in [0.25, 0.3) is 5.70 Å². The van der Waals surface area contributed by atoms with Gasteiger partial charge < -0.3 is 15.4 Å². The number of ether oxygens (including phenoxy) is 1. The Morgan fingerprint density at radius 2 is 1.90 bits per heavy atom. The van der Waals surface area contributed by atoms with Crippen LogP contribution in [0.3, 0.4) is 0 Å². The molecule has 3 rings (SSSR count). The quantitative estimate of drug-likeness (QED) is 0.434. The van der Waals surface area contributed by atoms with Gasteiger partial charge in [0.05, 0.1) is 12.8 Å². The van der Waals surface area contributed by atoms with Crippen molar-refractivity contribution in [3.8, 4) is 5.75 Å². The van der Waals surface area contributed by atoms with Crippen LogP contribution in [-0.2, 0) is 13.6 Å². The first-order chi connectivity index (χ1) is 14.3. The third-order valence-electron chi connectivity index (χ3n) is 4.79. The van der Waals surface area contributed by atoms with E-state index in [0.717, 1.165) is 26.0 Å². The Balaban J connectivity index is 1.91. The Hall–Kier alpha value is -2.81. The van der Waals surface area contributed by atoms with E-state index in [0.29, 0.717) is 23.7 Å². The van der Waals surface area contributed by atoms with E-state index >= 15 is 0 Å². The molecule has 2 N–H and O–H groups in total. The lowest BCUT2D eigenvalue weighted by Crippen LogP contribution is -2.23. The van der Waals surface area contributed by atoms with Gasteiger partial charge in [-0.15, -0.1) is 0 Å². The zero-order valence-electron chi connectivity index (χ0n) is 17.1. The van der Waals surface area contributed by atoms with Crippen LogP contribution in [-0.4, -0.2) is 11.7 Å². The summed E-state index contributed by atoms with van der Waals surface area (Å²) in [5.74, 6) is 0.878. The van der Waals surface area contributed by atoms with Crippen LogP contribution in [0.15, 0.2) is 59.9 Å². The van der Waals surface area contributed by atoms with E-state index in [1.54, 1.807) is 32.4 Å². The number of anilines is 2. The van der Waals surface area contributed by atoms with Crippen LogP contribution >= 0.6 is 22.6 Å². The first kappa shape index (κ1) is 21.9. The zero-order chi connectivity index (χ0) is 21.8. The van der Waals surface area contributed by atoms with Crippen molar-refractivity contribution >= 4 is 39.8 Å². The molecule has 0 fully saturated rings. The molecule has 1 heterocycles. The average Bonchev–Trinajstić information content (AvgIpc) is 2.72. The van der Waals surface area contributed by atoms with E-state index in [2.05, 4.69) is 39.8 Å². The fourth-order valence-corrected chi connectivity index (χ4v) is 3.56. The second kappa shape index (κ2) is 9.34. The van der Waals surface area contributed by atoms with Crippen molar-refractivity contribution in [3.63, 3.8) is 0 Å². The number of pyridine rings is 1. The maximum absolute atomic E-state index is 14.4. The summed E-state index contributed by atoms with van der Waals surface area (Å²) in [7, 11) is 3.28. The van der Waals surface area contributed by atoms with Gasteiger partial charge in [-0.2, -0.15) is 0 Å². The molecular weight excluding hydrogens is 496 g/mol. The molecule has 0 saturated carbocycles. The molecule has 30 heavy (non-hydrogen) atoms. The summed E-state index contributed by atoms with van der Waals surface area (Å²) in [4.78, 5) is 12.4. The molecule has 0 saturated heterocycles. The topological polar surface area (TPSA) is 55.3 Å². The largest absolute Gasteiger partial charge is 0.497 e. The van der Waals surface area contributed by atoms with Crippen molar-refractivity contribution in [2.45, 2.75) is 13.5 Å². The summed E-state index contributed by atoms with van der Waals surface area (Å²) >= 11 is 2.05. The summed E-state index contributed by atoms with van der Waals surface area (Å²) in [6.45, 7) is 6.54. The van der Waals surface area contributed by atoms with Crippen molar-refractivity contribution in [1.29, 1.82) is 0 Å². The molecule has 0 bridgehead atoms. The lowest BCUT2D eigenvalue weighted by atomic mass is 10.1. The molecule has 156 valence electrons. The SMILES string of the molecule is C=C(NCc1ccc(OC)cc1)c1c(C)cc(=O)n(C)c1Nc1ccc(I)cc1F. The van der Waals surface area contributed by atoms with Crippen molar-refractivity contribution in [2.75, 3.05) is 12.4 Å². The summed E-state index contributed by atoms with van der Waals surface area (Å²) in [5, 5.41) is 6.38. The Morgan fingerprint density at radius 3 is 2.53 bits per heavy atom. The Morgan fingerprint density at radius 1 is 1.20 bits per heavy atom. The van der Waals surface area contributed by atoms with E-state index in [9.17, 15) is 9.18 Å². The van der Waals surface area contributed by atoms with Gasteiger partial charge in [0.1, 0.15) is 17.4 Å². The highest BCUT2D eigenvalue weighted by Crippen LogP contribution is 2.28. The van der Waals surface area contributed by atoms with Gasteiger partial charge in [-0.3, -0.25) is 9.36 Å². The average molecular weight is 519 g/mol. The van der Waals surface area contributed by atoms with Crippen LogP contribution in [0.2, 0.25) is 0 Å². The predicted octanol–water partition coefficient (Wildman–Crippen LogP) is 4.95. The molecule has 0 amide bonds. The number of aryl methyl sites for hydroxylation is 1. The second-order valence-corrected chi connectivity index (χ2v) is 8.12. The number of rotatable bonds is 7. The van der Waals surface area contributed by atoms with Crippen LogP contribution in [0.4, 0.5) is 15.9 Å². The maximum Gasteiger partial charge on any atom is 0.252 e. The fraction of sp³-hybridized carbons (Fsp3) is 0.174. The van der Waals surface area contributed by atoms with Crippen LogP contribution in [0.1, 0.15) is 16.7 Å². The summed E-state index contributed by atoms with van der Waals surface area (Å²) in [5.41, 5.74) is 3.26. The lowest BCUT2D eigenvalue weighted by Gasteiger charge is -2.21. The van der Waals surface area contributed by atoms with Gasteiger partial charge in [0.25, 0.3) is 5.56 Å². The fourth-order valence-electron chi connectivity index (χ4n) is 3.11. The van der Waals surface area contributed by atoms with Gasteiger partial charge in [0.2, 0.25) is 0 Å². The minimum Gasteiger partial charge on any atom is -0.497 e. The van der Waals surface area contributed by atoms with Gasteiger partial charge in [-0.25, -0.2) is 4.39 Å². The number of halogens is 2. The molecule has 2 aromatic carbocycles.